The molecule has 0 aromatic heterocycles. The third kappa shape index (κ3) is 8.94. The van der Waals surface area contributed by atoms with Crippen LogP contribution in [-0.2, 0) is 16.1 Å². The molecule has 1 saturated carbocycles. The lowest BCUT2D eigenvalue weighted by molar-refractivity contribution is -0.137. The highest BCUT2D eigenvalue weighted by Crippen LogP contribution is 2.26. The van der Waals surface area contributed by atoms with Crippen molar-refractivity contribution in [3.05, 3.63) is 35.9 Å². The number of piperazine rings is 1. The number of aliphatic imine (C=N–C) groups is 1. The molecule has 1 saturated heterocycles. The topological polar surface area (TPSA) is 69.2 Å². The minimum absolute atomic E-state index is 0. The summed E-state index contributed by atoms with van der Waals surface area (Å²) in [6, 6.07) is 10.2. The summed E-state index contributed by atoms with van der Waals surface area (Å²) in [4.78, 5) is 21.3. The molecule has 0 atom stereocenters. The molecule has 0 radical (unpaired) electrons. The van der Waals surface area contributed by atoms with E-state index >= 15 is 0 Å². The number of halogens is 1. The van der Waals surface area contributed by atoms with E-state index in [1.807, 2.05) is 18.2 Å². The Kier molecular flexibility index (Phi) is 12.2. The van der Waals surface area contributed by atoms with Gasteiger partial charge in [-0.2, -0.15) is 0 Å². The minimum Gasteiger partial charge on any atom is -0.375 e. The lowest BCUT2D eigenvalue weighted by Gasteiger charge is -2.36. The van der Waals surface area contributed by atoms with Gasteiger partial charge in [-0.05, 0) is 18.4 Å². The average molecular weight is 543 g/mol. The molecule has 2 fully saturated rings. The maximum atomic E-state index is 12.5. The Morgan fingerprint density at radius 2 is 1.74 bits per heavy atom. The minimum atomic E-state index is 0. The number of rotatable bonds is 9. The van der Waals surface area contributed by atoms with Crippen LogP contribution in [0.15, 0.2) is 35.3 Å². The third-order valence-corrected chi connectivity index (χ3v) is 5.98. The SMILES string of the molecule is CN=C(NCCOCc1ccccc1)NCCN1CCN(C(=O)C2CCCC2)CC1.I. The van der Waals surface area contributed by atoms with E-state index in [0.717, 1.165) is 58.1 Å². The van der Waals surface area contributed by atoms with Gasteiger partial charge >= 0.3 is 0 Å². The number of nitrogens with one attached hydrogen (secondary N) is 2. The number of carbonyl (C=O) groups is 1. The van der Waals surface area contributed by atoms with Crippen molar-refractivity contribution in [1.29, 1.82) is 0 Å². The maximum absolute atomic E-state index is 12.5. The summed E-state index contributed by atoms with van der Waals surface area (Å²) in [6.07, 6.45) is 4.62. The molecule has 31 heavy (non-hydrogen) atoms. The van der Waals surface area contributed by atoms with Crippen molar-refractivity contribution >= 4 is 35.8 Å². The van der Waals surface area contributed by atoms with Gasteiger partial charge in [0.15, 0.2) is 5.96 Å². The van der Waals surface area contributed by atoms with Crippen LogP contribution in [0.25, 0.3) is 0 Å². The molecule has 1 aliphatic carbocycles. The van der Waals surface area contributed by atoms with Crippen LogP contribution in [-0.4, -0.2) is 81.1 Å². The van der Waals surface area contributed by atoms with Gasteiger partial charge in [-0.15, -0.1) is 24.0 Å². The monoisotopic (exact) mass is 543 g/mol. The fourth-order valence-corrected chi connectivity index (χ4v) is 4.18. The van der Waals surface area contributed by atoms with E-state index < -0.39 is 0 Å². The highest BCUT2D eigenvalue weighted by Gasteiger charge is 2.29. The molecule has 2 aliphatic rings. The van der Waals surface area contributed by atoms with Crippen LogP contribution in [0.1, 0.15) is 31.2 Å². The van der Waals surface area contributed by atoms with E-state index in [0.29, 0.717) is 31.6 Å². The Balaban J connectivity index is 0.00000341. The number of amides is 1. The van der Waals surface area contributed by atoms with Crippen LogP contribution in [0.2, 0.25) is 0 Å². The lowest BCUT2D eigenvalue weighted by Crippen LogP contribution is -2.52. The zero-order chi connectivity index (χ0) is 21.0. The van der Waals surface area contributed by atoms with Gasteiger partial charge in [-0.3, -0.25) is 14.7 Å². The molecule has 1 heterocycles. The van der Waals surface area contributed by atoms with Crippen molar-refractivity contribution < 1.29 is 9.53 Å². The summed E-state index contributed by atoms with van der Waals surface area (Å²) in [5, 5.41) is 6.65. The first-order valence-electron chi connectivity index (χ1n) is 11.3. The van der Waals surface area contributed by atoms with E-state index in [1.165, 1.54) is 18.4 Å². The molecule has 0 spiro atoms. The summed E-state index contributed by atoms with van der Waals surface area (Å²) in [5.74, 6) is 1.49. The molecule has 1 aromatic rings. The van der Waals surface area contributed by atoms with Crippen LogP contribution in [0.3, 0.4) is 0 Å². The van der Waals surface area contributed by atoms with E-state index in [2.05, 4.69) is 37.6 Å². The van der Waals surface area contributed by atoms with Crippen molar-refractivity contribution in [3.63, 3.8) is 0 Å². The first-order valence-corrected chi connectivity index (χ1v) is 11.3. The van der Waals surface area contributed by atoms with Crippen molar-refractivity contribution in [2.45, 2.75) is 32.3 Å². The third-order valence-electron chi connectivity index (χ3n) is 5.98. The maximum Gasteiger partial charge on any atom is 0.225 e. The van der Waals surface area contributed by atoms with Crippen molar-refractivity contribution in [3.8, 4) is 0 Å². The van der Waals surface area contributed by atoms with Gasteiger partial charge in [0.1, 0.15) is 0 Å². The Bertz CT molecular complexity index is 659. The van der Waals surface area contributed by atoms with Gasteiger partial charge in [0.05, 0.1) is 13.2 Å². The van der Waals surface area contributed by atoms with Crippen LogP contribution in [0, 0.1) is 5.92 Å². The number of ether oxygens (including phenoxy) is 1. The van der Waals surface area contributed by atoms with Crippen LogP contribution >= 0.6 is 24.0 Å². The van der Waals surface area contributed by atoms with Crippen LogP contribution in [0.5, 0.6) is 0 Å². The standard InChI is InChI=1S/C23H37N5O2.HI/c1-24-23(26-12-18-30-19-20-7-3-2-4-8-20)25-11-13-27-14-16-28(17-15-27)22(29)21-9-5-6-10-21;/h2-4,7-8,21H,5-6,9-19H2,1H3,(H2,24,25,26);1H. The second-order valence-electron chi connectivity index (χ2n) is 8.11. The van der Waals surface area contributed by atoms with Gasteiger partial charge in [0.25, 0.3) is 0 Å². The summed E-state index contributed by atoms with van der Waals surface area (Å²) in [5.41, 5.74) is 1.19. The van der Waals surface area contributed by atoms with E-state index in [1.54, 1.807) is 7.05 Å². The van der Waals surface area contributed by atoms with Crippen molar-refractivity contribution in [1.82, 2.24) is 20.4 Å². The lowest BCUT2D eigenvalue weighted by atomic mass is 10.1. The number of guanidine groups is 1. The number of benzene rings is 1. The highest BCUT2D eigenvalue weighted by molar-refractivity contribution is 14.0. The van der Waals surface area contributed by atoms with Gasteiger partial charge in [-0.1, -0.05) is 43.2 Å². The zero-order valence-corrected chi connectivity index (χ0v) is 21.1. The molecule has 0 bridgehead atoms. The molecule has 1 amide bonds. The van der Waals surface area contributed by atoms with Crippen molar-refractivity contribution in [2.24, 2.45) is 10.9 Å². The molecule has 1 aliphatic heterocycles. The summed E-state index contributed by atoms with van der Waals surface area (Å²) < 4.78 is 5.69. The molecule has 7 nitrogen and oxygen atoms in total. The Hall–Kier alpha value is -1.39. The van der Waals surface area contributed by atoms with Gasteiger partial charge in [0, 0.05) is 58.8 Å². The largest absolute Gasteiger partial charge is 0.375 e. The molecular weight excluding hydrogens is 505 g/mol. The molecule has 3 rings (SSSR count). The number of nitrogens with zero attached hydrogens (tertiary/aromatic N) is 3. The van der Waals surface area contributed by atoms with Gasteiger partial charge < -0.3 is 20.3 Å². The van der Waals surface area contributed by atoms with Crippen LogP contribution in [0.4, 0.5) is 0 Å². The average Bonchev–Trinajstić information content (AvgIpc) is 3.33. The zero-order valence-electron chi connectivity index (χ0n) is 18.7. The molecular formula is C23H38IN5O2. The number of hydrogen-bond donors (Lipinski definition) is 2. The molecule has 1 aromatic carbocycles. The Morgan fingerprint density at radius 3 is 2.42 bits per heavy atom. The molecule has 174 valence electrons. The van der Waals surface area contributed by atoms with Crippen molar-refractivity contribution in [2.75, 3.05) is 59.5 Å². The molecule has 8 heteroatoms. The fourth-order valence-electron chi connectivity index (χ4n) is 4.18. The van der Waals surface area contributed by atoms with Crippen LogP contribution < -0.4 is 10.6 Å². The quantitative estimate of drug-likeness (QED) is 0.217. The number of carbonyl (C=O) groups excluding carboxylic acids is 1. The summed E-state index contributed by atoms with van der Waals surface area (Å²) in [7, 11) is 1.79. The first-order chi connectivity index (χ1) is 14.8. The summed E-state index contributed by atoms with van der Waals surface area (Å²) >= 11 is 0. The number of hydrogen-bond acceptors (Lipinski definition) is 4. The Morgan fingerprint density at radius 1 is 1.06 bits per heavy atom. The second-order valence-corrected chi connectivity index (χ2v) is 8.11. The fraction of sp³-hybridized carbons (Fsp3) is 0.652. The van der Waals surface area contributed by atoms with E-state index in [-0.39, 0.29) is 24.0 Å². The Labute approximate surface area is 204 Å². The van der Waals surface area contributed by atoms with E-state index in [9.17, 15) is 4.79 Å². The molecule has 2 N–H and O–H groups in total. The predicted molar refractivity (Wildman–Crippen MR) is 136 cm³/mol. The predicted octanol–water partition coefficient (Wildman–Crippen LogP) is 2.32. The highest BCUT2D eigenvalue weighted by atomic mass is 127. The second kappa shape index (κ2) is 14.6. The normalized spacial score (nSPS) is 18.0. The first kappa shape index (κ1) is 25.9. The summed E-state index contributed by atoms with van der Waals surface area (Å²) in [6.45, 7) is 7.41. The smallest absolute Gasteiger partial charge is 0.225 e. The van der Waals surface area contributed by atoms with E-state index in [4.69, 9.17) is 4.74 Å². The molecule has 0 unspecified atom stereocenters. The van der Waals surface area contributed by atoms with Gasteiger partial charge in [0.2, 0.25) is 5.91 Å². The van der Waals surface area contributed by atoms with Gasteiger partial charge in [-0.25, -0.2) is 0 Å².